The number of aliphatic imine (C=N–C) groups is 1. The van der Waals surface area contributed by atoms with E-state index in [4.69, 9.17) is 20.9 Å². The van der Waals surface area contributed by atoms with Crippen LogP contribution in [-0.2, 0) is 26.2 Å². The molecule has 36 heavy (non-hydrogen) atoms. The fourth-order valence-electron chi connectivity index (χ4n) is 3.08. The van der Waals surface area contributed by atoms with Crippen molar-refractivity contribution in [2.45, 2.75) is 30.3 Å². The molecule has 7 N–H and O–H groups in total. The summed E-state index contributed by atoms with van der Waals surface area (Å²) >= 11 is 0. The van der Waals surface area contributed by atoms with E-state index in [1.54, 1.807) is 0 Å². The van der Waals surface area contributed by atoms with Gasteiger partial charge in [-0.1, -0.05) is 0 Å². The third-order valence-electron chi connectivity index (χ3n) is 4.82. The molecule has 15 heteroatoms. The molecule has 1 amide bonds. The molecule has 1 aromatic carbocycles. The van der Waals surface area contributed by atoms with E-state index in [2.05, 4.69) is 15.0 Å². The Hall–Kier alpha value is -4.27. The average molecular weight is 525 g/mol. The Morgan fingerprint density at radius 2 is 1.86 bits per heavy atom. The molecule has 0 aliphatic rings. The van der Waals surface area contributed by atoms with Crippen LogP contribution in [0.5, 0.6) is 11.5 Å². The van der Waals surface area contributed by atoms with Crippen molar-refractivity contribution >= 4 is 33.5 Å². The second-order valence-corrected chi connectivity index (χ2v) is 9.07. The minimum atomic E-state index is -4.19. The van der Waals surface area contributed by atoms with Crippen LogP contribution in [0.4, 0.5) is 5.69 Å². The molecular formula is C21H28N6O8S. The van der Waals surface area contributed by atoms with Crippen molar-refractivity contribution in [3.8, 4) is 11.5 Å². The number of nitrogens with two attached hydrogens (primary N) is 2. The number of sulfonamides is 1. The molecule has 0 aliphatic carbocycles. The van der Waals surface area contributed by atoms with Gasteiger partial charge in [0.2, 0.25) is 5.91 Å². The lowest BCUT2D eigenvalue weighted by molar-refractivity contribution is -0.142. The zero-order valence-electron chi connectivity index (χ0n) is 19.6. The Balaban J connectivity index is 2.15. The van der Waals surface area contributed by atoms with Crippen LogP contribution in [0, 0.1) is 0 Å². The average Bonchev–Trinajstić information content (AvgIpc) is 2.82. The minimum Gasteiger partial charge on any atom is -0.493 e. The van der Waals surface area contributed by atoms with Gasteiger partial charge >= 0.3 is 5.97 Å². The number of hydrogen-bond donors (Lipinski definition) is 5. The second-order valence-electron chi connectivity index (χ2n) is 7.38. The van der Waals surface area contributed by atoms with Gasteiger partial charge in [0.15, 0.2) is 17.5 Å². The Morgan fingerprint density at radius 3 is 2.47 bits per heavy atom. The predicted molar refractivity (Wildman–Crippen MR) is 131 cm³/mol. The van der Waals surface area contributed by atoms with Crippen molar-refractivity contribution in [1.82, 2.24) is 9.88 Å². The fourth-order valence-corrected chi connectivity index (χ4v) is 4.15. The normalized spacial score (nSPS) is 11.7. The van der Waals surface area contributed by atoms with Crippen LogP contribution in [0.1, 0.15) is 12.8 Å². The summed E-state index contributed by atoms with van der Waals surface area (Å²) in [5.41, 5.74) is 9.31. The number of methoxy groups -OCH3 is 2. The van der Waals surface area contributed by atoms with Gasteiger partial charge < -0.3 is 35.9 Å². The molecule has 14 nitrogen and oxygen atoms in total. The van der Waals surface area contributed by atoms with E-state index >= 15 is 0 Å². The lowest BCUT2D eigenvalue weighted by Crippen LogP contribution is -2.43. The van der Waals surface area contributed by atoms with E-state index in [1.165, 1.54) is 50.7 Å². The smallest absolute Gasteiger partial charge is 0.326 e. The maximum absolute atomic E-state index is 12.8. The number of ether oxygens (including phenoxy) is 2. The van der Waals surface area contributed by atoms with Crippen LogP contribution >= 0.6 is 0 Å². The first-order valence-electron chi connectivity index (χ1n) is 10.5. The number of amides is 1. The molecule has 0 unspecified atom stereocenters. The molecule has 0 saturated carbocycles. The van der Waals surface area contributed by atoms with Gasteiger partial charge in [0, 0.05) is 18.8 Å². The van der Waals surface area contributed by atoms with Gasteiger partial charge in [-0.25, -0.2) is 13.2 Å². The molecule has 2 aromatic rings. The van der Waals surface area contributed by atoms with Crippen LogP contribution in [0.15, 0.2) is 51.2 Å². The van der Waals surface area contributed by atoms with E-state index in [-0.39, 0.29) is 35.3 Å². The third kappa shape index (κ3) is 7.63. The first-order valence-corrected chi connectivity index (χ1v) is 12.0. The molecule has 2 rings (SSSR count). The maximum Gasteiger partial charge on any atom is 0.326 e. The van der Waals surface area contributed by atoms with E-state index in [1.807, 2.05) is 0 Å². The zero-order valence-corrected chi connectivity index (χ0v) is 20.4. The quantitative estimate of drug-likeness (QED) is 0.126. The Bertz CT molecular complexity index is 1290. The topological polar surface area (TPSA) is 217 Å². The summed E-state index contributed by atoms with van der Waals surface area (Å²) < 4.78 is 39.0. The van der Waals surface area contributed by atoms with E-state index in [0.29, 0.717) is 12.2 Å². The molecule has 0 bridgehead atoms. The van der Waals surface area contributed by atoms with Gasteiger partial charge in [0.05, 0.1) is 19.1 Å². The highest BCUT2D eigenvalue weighted by Gasteiger charge is 2.22. The number of hydrogen-bond acceptors (Lipinski definition) is 8. The van der Waals surface area contributed by atoms with Gasteiger partial charge in [0.1, 0.15) is 18.3 Å². The Kier molecular flexibility index (Phi) is 9.66. The number of rotatable bonds is 13. The largest absolute Gasteiger partial charge is 0.493 e. The second kappa shape index (κ2) is 12.4. The number of pyridine rings is 1. The van der Waals surface area contributed by atoms with Crippen LogP contribution in [-0.4, -0.2) is 62.7 Å². The highest BCUT2D eigenvalue weighted by Crippen LogP contribution is 2.29. The first-order chi connectivity index (χ1) is 17.0. The molecular weight excluding hydrogens is 496 g/mol. The highest BCUT2D eigenvalue weighted by atomic mass is 32.2. The third-order valence-corrected chi connectivity index (χ3v) is 6.19. The number of carbonyl (C=O) groups is 2. The number of nitrogens with one attached hydrogen (secondary N) is 2. The molecule has 0 saturated heterocycles. The maximum atomic E-state index is 12.8. The molecule has 0 radical (unpaired) electrons. The number of aromatic nitrogens is 1. The summed E-state index contributed by atoms with van der Waals surface area (Å²) in [6.07, 6.45) is 1.62. The molecule has 0 spiro atoms. The van der Waals surface area contributed by atoms with Crippen LogP contribution in [0.2, 0.25) is 0 Å². The lowest BCUT2D eigenvalue weighted by Gasteiger charge is -2.15. The number of anilines is 1. The zero-order chi connectivity index (χ0) is 26.9. The van der Waals surface area contributed by atoms with Gasteiger partial charge in [-0.15, -0.1) is 0 Å². The van der Waals surface area contributed by atoms with Crippen molar-refractivity contribution < 1.29 is 32.6 Å². The molecule has 1 atom stereocenters. The summed E-state index contributed by atoms with van der Waals surface area (Å²) in [7, 11) is -1.44. The summed E-state index contributed by atoms with van der Waals surface area (Å²) in [5.74, 6) is -1.66. The van der Waals surface area contributed by atoms with Crippen LogP contribution in [0.3, 0.4) is 0 Å². The molecule has 1 heterocycles. The summed E-state index contributed by atoms with van der Waals surface area (Å²) in [6.45, 7) is -0.355. The Labute approximate surface area is 207 Å². The van der Waals surface area contributed by atoms with Crippen molar-refractivity contribution in [3.63, 3.8) is 0 Å². The number of carbonyl (C=O) groups excluding carboxylic acids is 1. The van der Waals surface area contributed by atoms with E-state index in [9.17, 15) is 27.9 Å². The van der Waals surface area contributed by atoms with Crippen LogP contribution in [0.25, 0.3) is 0 Å². The number of guanidine groups is 1. The van der Waals surface area contributed by atoms with Crippen molar-refractivity contribution in [2.24, 2.45) is 16.5 Å². The fraction of sp³-hybridized carbons (Fsp3) is 0.333. The predicted octanol–water partition coefficient (Wildman–Crippen LogP) is -0.711. The number of benzene rings is 1. The monoisotopic (exact) mass is 524 g/mol. The summed E-state index contributed by atoms with van der Waals surface area (Å²) in [4.78, 5) is 40.2. The van der Waals surface area contributed by atoms with Gasteiger partial charge in [-0.3, -0.25) is 19.3 Å². The van der Waals surface area contributed by atoms with Crippen molar-refractivity contribution in [1.29, 1.82) is 0 Å². The first kappa shape index (κ1) is 28.0. The summed E-state index contributed by atoms with van der Waals surface area (Å²) in [6, 6.07) is 5.28. The molecule has 0 aliphatic heterocycles. The number of aliphatic carboxylic acids is 1. The SMILES string of the molecule is COc1ccc(S(=O)(=O)Nc2cccn(CC(=O)N[C@@H](CCCN=C(N)N)C(=O)O)c2=O)cc1OC. The molecule has 1 aromatic heterocycles. The van der Waals surface area contributed by atoms with Gasteiger partial charge in [0.25, 0.3) is 15.6 Å². The number of carboxylic acids is 1. The lowest BCUT2D eigenvalue weighted by atomic mass is 10.1. The standard InChI is InChI=1S/C21H28N6O8S/c1-34-16-8-7-13(11-17(16)35-2)36(32,33)26-14-6-4-10-27(19(14)29)12-18(28)25-15(20(30)31)5-3-9-24-21(22)23/h4,6-8,10-11,15,26H,3,5,9,12H2,1-2H3,(H,25,28)(H,30,31)(H4,22,23,24)/t15-/m0/s1. The van der Waals surface area contributed by atoms with Gasteiger partial charge in [-0.2, -0.15) is 0 Å². The minimum absolute atomic E-state index is 0.0535. The van der Waals surface area contributed by atoms with E-state index in [0.717, 1.165) is 4.57 Å². The van der Waals surface area contributed by atoms with Gasteiger partial charge in [-0.05, 0) is 37.1 Å². The summed E-state index contributed by atoms with van der Waals surface area (Å²) in [5, 5.41) is 11.7. The molecule has 196 valence electrons. The Morgan fingerprint density at radius 1 is 1.17 bits per heavy atom. The highest BCUT2D eigenvalue weighted by molar-refractivity contribution is 7.92. The van der Waals surface area contributed by atoms with E-state index < -0.39 is 40.0 Å². The van der Waals surface area contributed by atoms with Crippen molar-refractivity contribution in [3.05, 3.63) is 46.9 Å². The number of carboxylic acid groups (broad SMARTS) is 1. The van der Waals surface area contributed by atoms with Crippen molar-refractivity contribution in [2.75, 3.05) is 25.5 Å². The number of nitrogens with zero attached hydrogens (tertiary/aromatic N) is 2. The van der Waals surface area contributed by atoms with Crippen LogP contribution < -0.4 is 36.5 Å². The molecule has 0 fully saturated rings.